The number of aromatic nitrogens is 1. The second kappa shape index (κ2) is 10.0. The number of rotatable bonds is 6. The van der Waals surface area contributed by atoms with Crippen molar-refractivity contribution in [1.82, 2.24) is 14.8 Å². The van der Waals surface area contributed by atoms with Crippen molar-refractivity contribution in [3.05, 3.63) is 63.5 Å². The van der Waals surface area contributed by atoms with Crippen LogP contribution in [0.15, 0.2) is 47.3 Å². The molecule has 2 N–H and O–H groups in total. The average Bonchev–Trinajstić information content (AvgIpc) is 2.77. The number of carbonyl (C=O) groups excluding carboxylic acids is 2. The van der Waals surface area contributed by atoms with Crippen LogP contribution in [-0.2, 0) is 11.3 Å². The Kier molecular flexibility index (Phi) is 7.10. The summed E-state index contributed by atoms with van der Waals surface area (Å²) >= 11 is 7.64. The van der Waals surface area contributed by atoms with Gasteiger partial charge >= 0.3 is 6.03 Å². The highest BCUT2D eigenvalue weighted by molar-refractivity contribution is 7.98. The predicted octanol–water partition coefficient (Wildman–Crippen LogP) is 3.39. The molecule has 0 radical (unpaired) electrons. The van der Waals surface area contributed by atoms with Crippen molar-refractivity contribution in [1.29, 1.82) is 0 Å². The van der Waals surface area contributed by atoms with Gasteiger partial charge in [-0.3, -0.25) is 9.59 Å². The minimum Gasteiger partial charge on any atom is -0.326 e. The van der Waals surface area contributed by atoms with E-state index in [1.54, 1.807) is 53.1 Å². The van der Waals surface area contributed by atoms with Crippen LogP contribution < -0.4 is 16.2 Å². The lowest BCUT2D eigenvalue weighted by atomic mass is 9.83. The molecule has 3 heterocycles. The molecular formula is C23H27ClN4O3S. The van der Waals surface area contributed by atoms with Crippen molar-refractivity contribution in [3.8, 4) is 0 Å². The number of hydrogen-bond acceptors (Lipinski definition) is 4. The third-order valence-corrected chi connectivity index (χ3v) is 6.96. The van der Waals surface area contributed by atoms with Crippen LogP contribution in [-0.4, -0.2) is 52.5 Å². The Morgan fingerprint density at radius 3 is 2.78 bits per heavy atom. The molecule has 3 atom stereocenters. The van der Waals surface area contributed by atoms with Crippen LogP contribution in [0.5, 0.6) is 0 Å². The summed E-state index contributed by atoms with van der Waals surface area (Å²) in [5, 5.41) is 6.33. The van der Waals surface area contributed by atoms with Gasteiger partial charge in [-0.2, -0.15) is 11.8 Å². The maximum absolute atomic E-state index is 13.1. The number of benzene rings is 1. The molecular weight excluding hydrogens is 448 g/mol. The number of piperidine rings is 1. The second-order valence-electron chi connectivity index (χ2n) is 8.39. The highest BCUT2D eigenvalue weighted by Gasteiger charge is 2.37. The first-order valence-electron chi connectivity index (χ1n) is 10.7. The average molecular weight is 475 g/mol. The van der Waals surface area contributed by atoms with E-state index in [-0.39, 0.29) is 29.3 Å². The summed E-state index contributed by atoms with van der Waals surface area (Å²) in [6.45, 7) is 1.74. The molecule has 1 aromatic heterocycles. The number of pyridine rings is 1. The molecule has 32 heavy (non-hydrogen) atoms. The van der Waals surface area contributed by atoms with Gasteiger partial charge in [0.1, 0.15) is 6.04 Å². The van der Waals surface area contributed by atoms with Crippen LogP contribution in [0.3, 0.4) is 0 Å². The molecule has 0 spiro atoms. The van der Waals surface area contributed by atoms with Crippen LogP contribution in [0.4, 0.5) is 10.5 Å². The monoisotopic (exact) mass is 474 g/mol. The first-order chi connectivity index (χ1) is 15.4. The molecule has 1 saturated heterocycles. The lowest BCUT2D eigenvalue weighted by Crippen LogP contribution is -2.55. The molecule has 1 aromatic carbocycles. The molecule has 170 valence electrons. The summed E-state index contributed by atoms with van der Waals surface area (Å²) in [5.74, 6) is 0.850. The van der Waals surface area contributed by atoms with Crippen LogP contribution >= 0.6 is 23.4 Å². The fraction of sp³-hybridized carbons (Fsp3) is 0.435. The smallest absolute Gasteiger partial charge is 0.318 e. The number of nitrogens with one attached hydrogen (secondary N) is 2. The molecule has 2 aliphatic heterocycles. The molecule has 3 amide bonds. The van der Waals surface area contributed by atoms with Crippen molar-refractivity contribution in [3.63, 3.8) is 0 Å². The van der Waals surface area contributed by atoms with Crippen molar-refractivity contribution in [2.75, 3.05) is 30.4 Å². The van der Waals surface area contributed by atoms with Crippen molar-refractivity contribution in [2.45, 2.75) is 31.3 Å². The van der Waals surface area contributed by atoms with E-state index < -0.39 is 6.04 Å². The molecule has 2 aromatic rings. The number of hydrogen-bond donors (Lipinski definition) is 2. The Morgan fingerprint density at radius 2 is 2.00 bits per heavy atom. The molecule has 4 rings (SSSR count). The van der Waals surface area contributed by atoms with Gasteiger partial charge in [0.05, 0.1) is 0 Å². The summed E-state index contributed by atoms with van der Waals surface area (Å²) in [4.78, 5) is 40.0. The first kappa shape index (κ1) is 22.7. The van der Waals surface area contributed by atoms with Gasteiger partial charge in [0.25, 0.3) is 5.56 Å². The number of urea groups is 1. The fourth-order valence-electron chi connectivity index (χ4n) is 4.60. The molecule has 1 fully saturated rings. The van der Waals surface area contributed by atoms with Gasteiger partial charge in [-0.05, 0) is 55.0 Å². The van der Waals surface area contributed by atoms with E-state index in [1.165, 1.54) is 0 Å². The molecule has 0 saturated carbocycles. The topological polar surface area (TPSA) is 83.4 Å². The Labute approximate surface area is 196 Å². The minimum absolute atomic E-state index is 0.0184. The van der Waals surface area contributed by atoms with Crippen molar-refractivity contribution >= 4 is 41.0 Å². The first-order valence-corrected chi connectivity index (χ1v) is 12.5. The molecule has 0 unspecified atom stereocenters. The largest absolute Gasteiger partial charge is 0.326 e. The number of amides is 3. The number of likely N-dealkylation sites (tertiary alicyclic amines) is 1. The number of carbonyl (C=O) groups is 2. The molecule has 7 nitrogen and oxygen atoms in total. The van der Waals surface area contributed by atoms with Crippen LogP contribution in [0, 0.1) is 5.92 Å². The number of halogens is 1. The normalized spacial score (nSPS) is 20.2. The molecule has 0 aliphatic carbocycles. The van der Waals surface area contributed by atoms with Gasteiger partial charge in [-0.15, -0.1) is 0 Å². The van der Waals surface area contributed by atoms with E-state index in [0.29, 0.717) is 36.8 Å². The summed E-state index contributed by atoms with van der Waals surface area (Å²) in [7, 11) is 0. The number of anilines is 1. The maximum Gasteiger partial charge on any atom is 0.318 e. The van der Waals surface area contributed by atoms with Gasteiger partial charge in [-0.25, -0.2) is 4.79 Å². The Bertz CT molecular complexity index is 1060. The van der Waals surface area contributed by atoms with Crippen LogP contribution in [0.25, 0.3) is 0 Å². The zero-order valence-electron chi connectivity index (χ0n) is 17.9. The number of nitrogens with zero attached hydrogens (tertiary/aromatic N) is 2. The van der Waals surface area contributed by atoms with Gasteiger partial charge in [0, 0.05) is 48.0 Å². The van der Waals surface area contributed by atoms with E-state index >= 15 is 0 Å². The Hall–Kier alpha value is -2.45. The fourth-order valence-corrected chi connectivity index (χ4v) is 5.26. The number of thioether (sulfide) groups is 1. The van der Waals surface area contributed by atoms with Gasteiger partial charge < -0.3 is 20.1 Å². The van der Waals surface area contributed by atoms with E-state index in [1.807, 2.05) is 16.9 Å². The van der Waals surface area contributed by atoms with Crippen LogP contribution in [0.2, 0.25) is 5.02 Å². The van der Waals surface area contributed by atoms with Gasteiger partial charge in [0.15, 0.2) is 0 Å². The van der Waals surface area contributed by atoms with E-state index in [4.69, 9.17) is 11.6 Å². The Balaban J connectivity index is 1.44. The van der Waals surface area contributed by atoms with Crippen molar-refractivity contribution in [2.24, 2.45) is 5.92 Å². The predicted molar refractivity (Wildman–Crippen MR) is 129 cm³/mol. The highest BCUT2D eigenvalue weighted by atomic mass is 35.5. The quantitative estimate of drug-likeness (QED) is 0.672. The van der Waals surface area contributed by atoms with Crippen molar-refractivity contribution < 1.29 is 9.59 Å². The SMILES string of the molecule is CSCC[C@H](NC(=O)N1C[C@@H]2C[C@@H](C1)c1cccc(=O)n1C2)C(=O)Nc1cccc(Cl)c1. The number of fused-ring (bicyclic) bond motifs is 4. The highest BCUT2D eigenvalue weighted by Crippen LogP contribution is 2.34. The van der Waals surface area contributed by atoms with E-state index in [9.17, 15) is 14.4 Å². The third kappa shape index (κ3) is 5.13. The van der Waals surface area contributed by atoms with Gasteiger partial charge in [0.2, 0.25) is 5.91 Å². The van der Waals surface area contributed by atoms with E-state index in [2.05, 4.69) is 10.6 Å². The lowest BCUT2D eigenvalue weighted by molar-refractivity contribution is -0.118. The zero-order chi connectivity index (χ0) is 22.7. The minimum atomic E-state index is -0.648. The summed E-state index contributed by atoms with van der Waals surface area (Å²) in [6.07, 6.45) is 3.47. The van der Waals surface area contributed by atoms with Gasteiger partial charge in [-0.1, -0.05) is 23.7 Å². The lowest BCUT2D eigenvalue weighted by Gasteiger charge is -2.43. The van der Waals surface area contributed by atoms with Crippen LogP contribution in [0.1, 0.15) is 24.5 Å². The Morgan fingerprint density at radius 1 is 1.19 bits per heavy atom. The molecule has 2 bridgehead atoms. The zero-order valence-corrected chi connectivity index (χ0v) is 19.5. The third-order valence-electron chi connectivity index (χ3n) is 6.08. The summed E-state index contributed by atoms with van der Waals surface area (Å²) < 4.78 is 1.84. The summed E-state index contributed by atoms with van der Waals surface area (Å²) in [5.41, 5.74) is 1.61. The maximum atomic E-state index is 13.1. The standard InChI is InChI=1S/C23H27ClN4O3S/c1-32-9-8-19(22(30)25-18-5-2-4-17(24)11-18)26-23(31)27-12-15-10-16(14-27)20-6-3-7-21(29)28(20)13-15/h2-7,11,15-16,19H,8-10,12-14H2,1H3,(H,25,30)(H,26,31)/t15-,16-,19-/m0/s1. The van der Waals surface area contributed by atoms with E-state index in [0.717, 1.165) is 17.9 Å². The summed E-state index contributed by atoms with van der Waals surface area (Å²) in [6, 6.07) is 11.4. The molecule has 2 aliphatic rings. The molecule has 9 heteroatoms. The second-order valence-corrected chi connectivity index (χ2v) is 9.81.